The Morgan fingerprint density at radius 2 is 2.28 bits per heavy atom. The summed E-state index contributed by atoms with van der Waals surface area (Å²) >= 11 is 3.13. The van der Waals surface area contributed by atoms with E-state index in [2.05, 4.69) is 22.9 Å². The van der Waals surface area contributed by atoms with Crippen LogP contribution in [0.1, 0.15) is 18.9 Å². The molecule has 5 heteroatoms. The van der Waals surface area contributed by atoms with Crippen LogP contribution in [0, 0.1) is 23.1 Å². The second-order valence-electron chi connectivity index (χ2n) is 4.75. The summed E-state index contributed by atoms with van der Waals surface area (Å²) in [5.41, 5.74) is 6.85. The predicted molar refractivity (Wildman–Crippen MR) is 72.8 cm³/mol. The first-order valence-electron chi connectivity index (χ1n) is 5.93. The van der Waals surface area contributed by atoms with E-state index in [1.54, 1.807) is 12.1 Å². The molecule has 1 aromatic rings. The monoisotopic (exact) mass is 311 g/mol. The second-order valence-corrected chi connectivity index (χ2v) is 5.54. The summed E-state index contributed by atoms with van der Waals surface area (Å²) in [7, 11) is 0. The molecule has 2 atom stereocenters. The Balaban J connectivity index is 2.30. The second kappa shape index (κ2) is 5.25. The largest absolute Gasteiger partial charge is 0.368 e. The fourth-order valence-electron chi connectivity index (χ4n) is 2.19. The molecule has 0 aromatic heterocycles. The van der Waals surface area contributed by atoms with Gasteiger partial charge in [0.2, 0.25) is 0 Å². The van der Waals surface area contributed by atoms with Gasteiger partial charge >= 0.3 is 0 Å². The van der Waals surface area contributed by atoms with Gasteiger partial charge in [0, 0.05) is 19.1 Å². The topological polar surface area (TPSA) is 53.0 Å². The standard InChI is InChI=1S/C13H15BrFN3/c1-8-4-5-18(7-10(8)17)11-3-2-9(6-16)12(14)13(11)15/h2-3,8,10H,4-5,7,17H2,1H3. The number of nitrogens with zero attached hydrogens (tertiary/aromatic N) is 2. The quantitative estimate of drug-likeness (QED) is 0.867. The molecule has 1 aromatic carbocycles. The molecule has 1 saturated heterocycles. The van der Waals surface area contributed by atoms with Crippen LogP contribution >= 0.6 is 15.9 Å². The zero-order chi connectivity index (χ0) is 13.3. The van der Waals surface area contributed by atoms with Crippen LogP contribution in [-0.2, 0) is 0 Å². The van der Waals surface area contributed by atoms with Crippen molar-refractivity contribution in [1.82, 2.24) is 0 Å². The third-order valence-corrected chi connectivity index (χ3v) is 4.31. The molecular weight excluding hydrogens is 297 g/mol. The Morgan fingerprint density at radius 3 is 2.89 bits per heavy atom. The first-order chi connectivity index (χ1) is 8.54. The van der Waals surface area contributed by atoms with E-state index in [0.717, 1.165) is 13.0 Å². The van der Waals surface area contributed by atoms with Gasteiger partial charge < -0.3 is 10.6 Å². The highest BCUT2D eigenvalue weighted by Crippen LogP contribution is 2.31. The van der Waals surface area contributed by atoms with Crippen LogP contribution < -0.4 is 10.6 Å². The van der Waals surface area contributed by atoms with Gasteiger partial charge in [0.05, 0.1) is 15.7 Å². The molecular formula is C13H15BrFN3. The van der Waals surface area contributed by atoms with Crippen molar-refractivity contribution in [3.8, 4) is 6.07 Å². The maximum atomic E-state index is 14.2. The molecule has 0 aliphatic carbocycles. The summed E-state index contributed by atoms with van der Waals surface area (Å²) in [5.74, 6) is 0.0851. The number of nitrogens with two attached hydrogens (primary N) is 1. The van der Waals surface area contributed by atoms with E-state index < -0.39 is 0 Å². The molecule has 96 valence electrons. The Morgan fingerprint density at radius 1 is 1.56 bits per heavy atom. The maximum absolute atomic E-state index is 14.2. The van der Waals surface area contributed by atoms with Crippen molar-refractivity contribution in [3.63, 3.8) is 0 Å². The highest BCUT2D eigenvalue weighted by atomic mass is 79.9. The first-order valence-corrected chi connectivity index (χ1v) is 6.72. The summed E-state index contributed by atoms with van der Waals surface area (Å²) in [4.78, 5) is 1.95. The average molecular weight is 312 g/mol. The van der Waals surface area contributed by atoms with Crippen LogP contribution in [0.3, 0.4) is 0 Å². The highest BCUT2D eigenvalue weighted by Gasteiger charge is 2.25. The van der Waals surface area contributed by atoms with E-state index in [4.69, 9.17) is 11.0 Å². The Kier molecular flexibility index (Phi) is 3.88. The molecule has 0 radical (unpaired) electrons. The third-order valence-electron chi connectivity index (χ3n) is 3.54. The van der Waals surface area contributed by atoms with E-state index in [1.165, 1.54) is 0 Å². The number of rotatable bonds is 1. The molecule has 2 rings (SSSR count). The van der Waals surface area contributed by atoms with Gasteiger partial charge in [0.25, 0.3) is 0 Å². The Hall–Kier alpha value is -1.12. The molecule has 2 unspecified atom stereocenters. The number of hydrogen-bond donors (Lipinski definition) is 1. The van der Waals surface area contributed by atoms with Crippen molar-refractivity contribution >= 4 is 21.6 Å². The normalized spacial score (nSPS) is 23.8. The predicted octanol–water partition coefficient (Wildman–Crippen LogP) is 2.63. The van der Waals surface area contributed by atoms with Gasteiger partial charge in [0.15, 0.2) is 5.82 Å². The minimum atomic E-state index is -0.379. The number of halogens is 2. The highest BCUT2D eigenvalue weighted by molar-refractivity contribution is 9.10. The van der Waals surface area contributed by atoms with Gasteiger partial charge in [-0.1, -0.05) is 6.92 Å². The Labute approximate surface area is 115 Å². The summed E-state index contributed by atoms with van der Waals surface area (Å²) < 4.78 is 14.4. The van der Waals surface area contributed by atoms with Crippen molar-refractivity contribution in [1.29, 1.82) is 5.26 Å². The smallest absolute Gasteiger partial charge is 0.161 e. The zero-order valence-electron chi connectivity index (χ0n) is 10.2. The lowest BCUT2D eigenvalue weighted by Gasteiger charge is -2.36. The minimum Gasteiger partial charge on any atom is -0.368 e. The molecule has 0 spiro atoms. The van der Waals surface area contributed by atoms with Crippen LogP contribution in [0.4, 0.5) is 10.1 Å². The number of anilines is 1. The zero-order valence-corrected chi connectivity index (χ0v) is 11.7. The summed E-state index contributed by atoms with van der Waals surface area (Å²) in [5, 5.41) is 8.84. The minimum absolute atomic E-state index is 0.0626. The van der Waals surface area contributed by atoms with Crippen LogP contribution in [0.5, 0.6) is 0 Å². The third kappa shape index (κ3) is 2.36. The van der Waals surface area contributed by atoms with Crippen molar-refractivity contribution in [2.75, 3.05) is 18.0 Å². The molecule has 1 aliphatic rings. The van der Waals surface area contributed by atoms with Gasteiger partial charge in [-0.25, -0.2) is 4.39 Å². The number of hydrogen-bond acceptors (Lipinski definition) is 3. The summed E-state index contributed by atoms with van der Waals surface area (Å²) in [6.07, 6.45) is 0.957. The fraction of sp³-hybridized carbons (Fsp3) is 0.462. The van der Waals surface area contributed by atoms with E-state index in [-0.39, 0.29) is 16.3 Å². The van der Waals surface area contributed by atoms with E-state index >= 15 is 0 Å². The van der Waals surface area contributed by atoms with E-state index in [0.29, 0.717) is 23.7 Å². The van der Waals surface area contributed by atoms with Gasteiger partial charge in [-0.3, -0.25) is 0 Å². The summed E-state index contributed by atoms with van der Waals surface area (Å²) in [6.45, 7) is 3.56. The van der Waals surface area contributed by atoms with Crippen LogP contribution in [0.15, 0.2) is 16.6 Å². The SMILES string of the molecule is CC1CCN(c2ccc(C#N)c(Br)c2F)CC1N. The molecule has 0 saturated carbocycles. The maximum Gasteiger partial charge on any atom is 0.161 e. The van der Waals surface area contributed by atoms with Gasteiger partial charge in [-0.15, -0.1) is 0 Å². The van der Waals surface area contributed by atoms with Gasteiger partial charge in [0.1, 0.15) is 6.07 Å². The van der Waals surface area contributed by atoms with Crippen LogP contribution in [0.2, 0.25) is 0 Å². The van der Waals surface area contributed by atoms with E-state index in [9.17, 15) is 4.39 Å². The molecule has 18 heavy (non-hydrogen) atoms. The van der Waals surface area contributed by atoms with Crippen LogP contribution in [0.25, 0.3) is 0 Å². The summed E-state index contributed by atoms with van der Waals surface area (Å²) in [6, 6.07) is 5.30. The molecule has 1 aliphatic heterocycles. The molecule has 1 heterocycles. The average Bonchev–Trinajstić information content (AvgIpc) is 2.36. The number of nitriles is 1. The lowest BCUT2D eigenvalue weighted by Crippen LogP contribution is -2.47. The molecule has 2 N–H and O–H groups in total. The number of piperidine rings is 1. The fourth-order valence-corrected chi connectivity index (χ4v) is 2.61. The van der Waals surface area contributed by atoms with Crippen molar-refractivity contribution in [2.45, 2.75) is 19.4 Å². The molecule has 0 amide bonds. The molecule has 0 bridgehead atoms. The first kappa shape index (κ1) is 13.3. The Bertz CT molecular complexity index is 498. The lowest BCUT2D eigenvalue weighted by atomic mass is 9.94. The van der Waals surface area contributed by atoms with Crippen molar-refractivity contribution < 1.29 is 4.39 Å². The van der Waals surface area contributed by atoms with E-state index in [1.807, 2.05) is 11.0 Å². The lowest BCUT2D eigenvalue weighted by molar-refractivity contribution is 0.377. The van der Waals surface area contributed by atoms with Crippen molar-refractivity contribution in [3.05, 3.63) is 28.0 Å². The van der Waals surface area contributed by atoms with Gasteiger partial charge in [-0.05, 0) is 40.4 Å². The number of benzene rings is 1. The van der Waals surface area contributed by atoms with Crippen molar-refractivity contribution in [2.24, 2.45) is 11.7 Å². The molecule has 1 fully saturated rings. The van der Waals surface area contributed by atoms with Crippen LogP contribution in [-0.4, -0.2) is 19.1 Å². The van der Waals surface area contributed by atoms with Gasteiger partial charge in [-0.2, -0.15) is 5.26 Å². The molecule has 3 nitrogen and oxygen atoms in total.